The van der Waals surface area contributed by atoms with Crippen LogP contribution in [0.25, 0.3) is 11.2 Å². The van der Waals surface area contributed by atoms with Crippen molar-refractivity contribution in [1.82, 2.24) is 14.5 Å². The van der Waals surface area contributed by atoms with Crippen molar-refractivity contribution in [3.05, 3.63) is 18.3 Å². The number of sulfone groups is 1. The number of ether oxygens (including phenoxy) is 1. The maximum Gasteiger partial charge on any atom is 0.231 e. The molecule has 0 saturated carbocycles. The number of pyridine rings is 1. The van der Waals surface area contributed by atoms with E-state index in [4.69, 9.17) is 4.74 Å². The van der Waals surface area contributed by atoms with E-state index in [1.807, 2.05) is 0 Å². The third-order valence-electron chi connectivity index (χ3n) is 2.68. The van der Waals surface area contributed by atoms with Gasteiger partial charge in [0.05, 0.1) is 24.6 Å². The molecule has 0 aliphatic rings. The highest BCUT2D eigenvalue weighted by molar-refractivity contribution is 7.95. The third-order valence-corrected chi connectivity index (χ3v) is 4.64. The molecule has 8 heteroatoms. The van der Waals surface area contributed by atoms with Gasteiger partial charge in [-0.1, -0.05) is 0 Å². The molecule has 2 aromatic heterocycles. The molecule has 0 saturated heterocycles. The van der Waals surface area contributed by atoms with Crippen LogP contribution in [0.3, 0.4) is 0 Å². The standard InChI is InChI=1S/C12H18N3O3S2/c1-19(2)8-7-18-9-15-10-5-4-6-13-11(10)14-12(15)20(3,16)17/h4-6H,7-9H2,1-3H3/q+1. The summed E-state index contributed by atoms with van der Waals surface area (Å²) in [5.74, 6) is 0.957. The molecule has 0 radical (unpaired) electrons. The summed E-state index contributed by atoms with van der Waals surface area (Å²) >= 11 is 0. The Morgan fingerprint density at radius 2 is 2.15 bits per heavy atom. The van der Waals surface area contributed by atoms with Gasteiger partial charge < -0.3 is 4.74 Å². The van der Waals surface area contributed by atoms with E-state index in [9.17, 15) is 8.42 Å². The van der Waals surface area contributed by atoms with Gasteiger partial charge in [-0.25, -0.2) is 13.4 Å². The van der Waals surface area contributed by atoms with Crippen molar-refractivity contribution in [3.63, 3.8) is 0 Å². The number of aromatic nitrogens is 3. The number of nitrogens with zero attached hydrogens (tertiary/aromatic N) is 3. The van der Waals surface area contributed by atoms with E-state index in [-0.39, 0.29) is 11.9 Å². The van der Waals surface area contributed by atoms with Crippen LogP contribution < -0.4 is 0 Å². The second kappa shape index (κ2) is 6.11. The van der Waals surface area contributed by atoms with E-state index in [0.717, 1.165) is 12.0 Å². The van der Waals surface area contributed by atoms with Gasteiger partial charge in [0.2, 0.25) is 15.0 Å². The van der Waals surface area contributed by atoms with Crippen molar-refractivity contribution in [1.29, 1.82) is 0 Å². The minimum atomic E-state index is -3.42. The molecule has 2 rings (SSSR count). The zero-order valence-corrected chi connectivity index (χ0v) is 13.4. The molecule has 0 fully saturated rings. The molecule has 20 heavy (non-hydrogen) atoms. The zero-order valence-electron chi connectivity index (χ0n) is 11.7. The number of hydrogen-bond acceptors (Lipinski definition) is 5. The Balaban J connectivity index is 2.29. The SMILES string of the molecule is C[S+](C)CCOCn1c(S(C)(=O)=O)nc2ncccc21. The van der Waals surface area contributed by atoms with E-state index in [1.54, 1.807) is 22.9 Å². The average molecular weight is 316 g/mol. The lowest BCUT2D eigenvalue weighted by atomic mass is 10.4. The van der Waals surface area contributed by atoms with Crippen molar-refractivity contribution in [2.45, 2.75) is 11.9 Å². The molecule has 0 aliphatic heterocycles. The molecule has 0 aliphatic carbocycles. The van der Waals surface area contributed by atoms with Crippen LogP contribution in [0.1, 0.15) is 0 Å². The molecule has 0 amide bonds. The second-order valence-electron chi connectivity index (χ2n) is 4.67. The molecule has 0 atom stereocenters. The van der Waals surface area contributed by atoms with Crippen LogP contribution in [0.15, 0.2) is 23.5 Å². The minimum Gasteiger partial charge on any atom is -0.356 e. The molecule has 6 nitrogen and oxygen atoms in total. The molecule has 0 bridgehead atoms. The summed E-state index contributed by atoms with van der Waals surface area (Å²) in [5, 5.41) is -0.00167. The molecule has 0 N–H and O–H groups in total. The van der Waals surface area contributed by atoms with Gasteiger partial charge in [0.15, 0.2) is 5.65 Å². The fraction of sp³-hybridized carbons (Fsp3) is 0.500. The predicted molar refractivity (Wildman–Crippen MR) is 80.7 cm³/mol. The van der Waals surface area contributed by atoms with Gasteiger partial charge in [-0.3, -0.25) is 4.57 Å². The summed E-state index contributed by atoms with van der Waals surface area (Å²) in [6.07, 6.45) is 7.01. The Morgan fingerprint density at radius 3 is 2.80 bits per heavy atom. The fourth-order valence-electron chi connectivity index (χ4n) is 1.73. The fourth-order valence-corrected chi connectivity index (χ4v) is 2.98. The van der Waals surface area contributed by atoms with E-state index >= 15 is 0 Å². The van der Waals surface area contributed by atoms with Gasteiger partial charge in [0, 0.05) is 12.5 Å². The molecule has 0 unspecified atom stereocenters. The third kappa shape index (κ3) is 3.50. The first-order valence-corrected chi connectivity index (χ1v) is 10.1. The van der Waals surface area contributed by atoms with Crippen LogP contribution in [-0.4, -0.2) is 54.1 Å². The van der Waals surface area contributed by atoms with Crippen molar-refractivity contribution >= 4 is 31.9 Å². The summed E-state index contributed by atoms with van der Waals surface area (Å²) in [6.45, 7) is 0.765. The highest BCUT2D eigenvalue weighted by Crippen LogP contribution is 2.17. The average Bonchev–Trinajstić information content (AvgIpc) is 2.73. The van der Waals surface area contributed by atoms with Crippen LogP contribution in [0, 0.1) is 0 Å². The summed E-state index contributed by atoms with van der Waals surface area (Å²) in [7, 11) is -3.11. The lowest BCUT2D eigenvalue weighted by Gasteiger charge is -2.08. The molecular weight excluding hydrogens is 298 g/mol. The first kappa shape index (κ1) is 15.3. The highest BCUT2D eigenvalue weighted by atomic mass is 32.2. The molecule has 0 aromatic carbocycles. The summed E-state index contributed by atoms with van der Waals surface area (Å²) in [5.41, 5.74) is 1.09. The van der Waals surface area contributed by atoms with Gasteiger partial charge in [-0.05, 0) is 23.0 Å². The van der Waals surface area contributed by atoms with Gasteiger partial charge >= 0.3 is 0 Å². The molecule has 2 heterocycles. The molecule has 0 spiro atoms. The van der Waals surface area contributed by atoms with Crippen molar-refractivity contribution in [2.24, 2.45) is 0 Å². The Hall–Kier alpha value is -1.12. The van der Waals surface area contributed by atoms with Crippen LogP contribution in [0.2, 0.25) is 0 Å². The normalized spacial score (nSPS) is 12.4. The van der Waals surface area contributed by atoms with Crippen molar-refractivity contribution in [2.75, 3.05) is 31.1 Å². The van der Waals surface area contributed by atoms with E-state index in [0.29, 0.717) is 28.7 Å². The van der Waals surface area contributed by atoms with Crippen LogP contribution in [-0.2, 0) is 32.2 Å². The lowest BCUT2D eigenvalue weighted by molar-refractivity contribution is 0.0863. The Kier molecular flexibility index (Phi) is 4.66. The van der Waals surface area contributed by atoms with Gasteiger partial charge in [0.1, 0.15) is 12.5 Å². The van der Waals surface area contributed by atoms with Gasteiger partial charge in [-0.15, -0.1) is 0 Å². The number of imidazole rings is 1. The van der Waals surface area contributed by atoms with Crippen LogP contribution in [0.5, 0.6) is 0 Å². The zero-order chi connectivity index (χ0) is 14.8. The predicted octanol–water partition coefficient (Wildman–Crippen LogP) is 0.687. The first-order valence-electron chi connectivity index (χ1n) is 6.03. The maximum absolute atomic E-state index is 11.8. The molecule has 110 valence electrons. The van der Waals surface area contributed by atoms with Gasteiger partial charge in [-0.2, -0.15) is 4.98 Å². The largest absolute Gasteiger partial charge is 0.356 e. The van der Waals surface area contributed by atoms with Crippen LogP contribution in [0.4, 0.5) is 0 Å². The number of rotatable bonds is 6. The van der Waals surface area contributed by atoms with Crippen molar-refractivity contribution in [3.8, 4) is 0 Å². The van der Waals surface area contributed by atoms with Gasteiger partial charge in [0.25, 0.3) is 0 Å². The van der Waals surface area contributed by atoms with E-state index < -0.39 is 9.84 Å². The Labute approximate surface area is 121 Å². The van der Waals surface area contributed by atoms with Crippen molar-refractivity contribution < 1.29 is 13.2 Å². The summed E-state index contributed by atoms with van der Waals surface area (Å²) in [6, 6.07) is 3.54. The Morgan fingerprint density at radius 1 is 1.40 bits per heavy atom. The first-order chi connectivity index (χ1) is 9.39. The topological polar surface area (TPSA) is 74.1 Å². The van der Waals surface area contributed by atoms with Crippen LogP contribution >= 0.6 is 0 Å². The monoisotopic (exact) mass is 316 g/mol. The minimum absolute atomic E-state index is 0.00167. The number of fused-ring (bicyclic) bond motifs is 1. The number of hydrogen-bond donors (Lipinski definition) is 0. The van der Waals surface area contributed by atoms with E-state index in [1.165, 1.54) is 0 Å². The lowest BCUT2D eigenvalue weighted by Crippen LogP contribution is -2.15. The Bertz CT molecular complexity index is 695. The summed E-state index contributed by atoms with van der Waals surface area (Å²) < 4.78 is 30.7. The smallest absolute Gasteiger partial charge is 0.231 e. The molecular formula is C12H18N3O3S2+. The highest BCUT2D eigenvalue weighted by Gasteiger charge is 2.20. The summed E-state index contributed by atoms with van der Waals surface area (Å²) in [4.78, 5) is 8.17. The molecule has 2 aromatic rings. The second-order valence-corrected chi connectivity index (χ2v) is 8.96. The maximum atomic E-state index is 11.8. The quantitative estimate of drug-likeness (QED) is 0.579. The van der Waals surface area contributed by atoms with E-state index in [2.05, 4.69) is 22.5 Å².